The molecule has 8 heteroatoms. The van der Waals surface area contributed by atoms with Crippen LogP contribution in [0.3, 0.4) is 0 Å². The number of aromatic nitrogens is 1. The van der Waals surface area contributed by atoms with Gasteiger partial charge in [0.1, 0.15) is 10.8 Å². The van der Waals surface area contributed by atoms with Crippen LogP contribution in [0.5, 0.6) is 5.75 Å². The lowest BCUT2D eigenvalue weighted by Crippen LogP contribution is -2.28. The molecule has 0 bridgehead atoms. The van der Waals surface area contributed by atoms with E-state index in [1.165, 1.54) is 16.7 Å². The maximum absolute atomic E-state index is 11.6. The van der Waals surface area contributed by atoms with Crippen molar-refractivity contribution >= 4 is 39.1 Å². The van der Waals surface area contributed by atoms with Crippen LogP contribution in [0, 0.1) is 0 Å². The van der Waals surface area contributed by atoms with Gasteiger partial charge < -0.3 is 15.2 Å². The fourth-order valence-corrected chi connectivity index (χ4v) is 2.51. The first-order valence-electron chi connectivity index (χ1n) is 5.87. The summed E-state index contributed by atoms with van der Waals surface area (Å²) in [5.41, 5.74) is -0.0189. The number of ether oxygens (including phenoxy) is 1. The molecule has 1 aromatic carbocycles. The minimum Gasteiger partial charge on any atom is -0.484 e. The zero-order valence-electron chi connectivity index (χ0n) is 10.7. The van der Waals surface area contributed by atoms with E-state index < -0.39 is 5.97 Å². The molecule has 21 heavy (non-hydrogen) atoms. The van der Waals surface area contributed by atoms with Crippen molar-refractivity contribution in [2.24, 2.45) is 0 Å². The molecule has 0 aliphatic carbocycles. The Balaban J connectivity index is 1.78. The molecule has 2 aromatic rings. The van der Waals surface area contributed by atoms with Gasteiger partial charge in [-0.1, -0.05) is 22.0 Å². The fourth-order valence-electron chi connectivity index (χ4n) is 1.42. The lowest BCUT2D eigenvalue weighted by Gasteiger charge is -2.06. The molecule has 0 atom stereocenters. The number of nitrogens with one attached hydrogen (secondary N) is 1. The predicted molar refractivity (Wildman–Crippen MR) is 80.6 cm³/mol. The number of halogens is 1. The average Bonchev–Trinajstić information content (AvgIpc) is 2.92. The van der Waals surface area contributed by atoms with Gasteiger partial charge in [-0.05, 0) is 18.2 Å². The van der Waals surface area contributed by atoms with E-state index in [4.69, 9.17) is 9.84 Å². The molecule has 0 saturated carbocycles. The molecule has 2 rings (SSSR count). The summed E-state index contributed by atoms with van der Waals surface area (Å²) in [7, 11) is 0. The summed E-state index contributed by atoms with van der Waals surface area (Å²) in [5.74, 6) is -0.800. The lowest BCUT2D eigenvalue weighted by molar-refractivity contribution is -0.123. The SMILES string of the molecule is O=C(COc1cccc(Br)c1)NCc1nc(C(=O)O)cs1. The summed E-state index contributed by atoms with van der Waals surface area (Å²) >= 11 is 4.49. The number of rotatable bonds is 6. The molecular formula is C13H11BrN2O4S. The maximum atomic E-state index is 11.6. The van der Waals surface area contributed by atoms with Crippen molar-refractivity contribution in [3.63, 3.8) is 0 Å². The highest BCUT2D eigenvalue weighted by molar-refractivity contribution is 9.10. The van der Waals surface area contributed by atoms with Crippen molar-refractivity contribution in [2.75, 3.05) is 6.61 Å². The van der Waals surface area contributed by atoms with Crippen molar-refractivity contribution in [3.8, 4) is 5.75 Å². The molecule has 0 spiro atoms. The number of hydrogen-bond acceptors (Lipinski definition) is 5. The molecule has 0 aliphatic rings. The fraction of sp³-hybridized carbons (Fsp3) is 0.154. The number of carboxylic acids is 1. The van der Waals surface area contributed by atoms with Gasteiger partial charge in [0.25, 0.3) is 5.91 Å². The van der Waals surface area contributed by atoms with Crippen LogP contribution < -0.4 is 10.1 Å². The highest BCUT2D eigenvalue weighted by Crippen LogP contribution is 2.17. The van der Waals surface area contributed by atoms with Crippen molar-refractivity contribution in [3.05, 3.63) is 44.8 Å². The van der Waals surface area contributed by atoms with Crippen molar-refractivity contribution in [2.45, 2.75) is 6.54 Å². The Morgan fingerprint density at radius 2 is 2.24 bits per heavy atom. The Kier molecular flexibility index (Phi) is 5.29. The molecule has 6 nitrogen and oxygen atoms in total. The van der Waals surface area contributed by atoms with Crippen molar-refractivity contribution in [1.82, 2.24) is 10.3 Å². The van der Waals surface area contributed by atoms with Gasteiger partial charge in [0.05, 0.1) is 6.54 Å². The van der Waals surface area contributed by atoms with E-state index in [2.05, 4.69) is 26.2 Å². The number of carbonyl (C=O) groups excluding carboxylic acids is 1. The van der Waals surface area contributed by atoms with Crippen LogP contribution in [0.4, 0.5) is 0 Å². The molecule has 110 valence electrons. The number of hydrogen-bond donors (Lipinski definition) is 2. The van der Waals surface area contributed by atoms with E-state index in [0.29, 0.717) is 10.8 Å². The van der Waals surface area contributed by atoms with Gasteiger partial charge in [-0.25, -0.2) is 9.78 Å². The molecule has 0 unspecified atom stereocenters. The van der Waals surface area contributed by atoms with Crippen LogP contribution in [-0.2, 0) is 11.3 Å². The topological polar surface area (TPSA) is 88.5 Å². The van der Waals surface area contributed by atoms with E-state index in [-0.39, 0.29) is 24.8 Å². The second-order valence-electron chi connectivity index (χ2n) is 3.95. The van der Waals surface area contributed by atoms with Crippen LogP contribution in [-0.4, -0.2) is 28.6 Å². The number of carbonyl (C=O) groups is 2. The number of aromatic carboxylic acids is 1. The minimum absolute atomic E-state index is 0.0189. The van der Waals surface area contributed by atoms with Crippen molar-refractivity contribution in [1.29, 1.82) is 0 Å². The molecule has 0 radical (unpaired) electrons. The monoisotopic (exact) mass is 370 g/mol. The lowest BCUT2D eigenvalue weighted by atomic mass is 10.3. The Morgan fingerprint density at radius 1 is 1.43 bits per heavy atom. The second-order valence-corrected chi connectivity index (χ2v) is 5.81. The van der Waals surface area contributed by atoms with Gasteiger partial charge in [0.2, 0.25) is 0 Å². The summed E-state index contributed by atoms with van der Waals surface area (Å²) in [6.07, 6.45) is 0. The standard InChI is InChI=1S/C13H11BrN2O4S/c14-8-2-1-3-9(4-8)20-6-11(17)15-5-12-16-10(7-21-12)13(18)19/h1-4,7H,5-6H2,(H,15,17)(H,18,19). The number of thiazole rings is 1. The first-order valence-corrected chi connectivity index (χ1v) is 7.54. The second kappa shape index (κ2) is 7.19. The van der Waals surface area contributed by atoms with E-state index in [1.807, 2.05) is 6.07 Å². The first kappa shape index (κ1) is 15.5. The Morgan fingerprint density at radius 3 is 2.90 bits per heavy atom. The Bertz CT molecular complexity index is 659. The summed E-state index contributed by atoms with van der Waals surface area (Å²) in [5, 5.41) is 13.3. The first-order chi connectivity index (χ1) is 10.0. The van der Waals surface area contributed by atoms with E-state index in [9.17, 15) is 9.59 Å². The molecule has 1 amide bonds. The van der Waals surface area contributed by atoms with Gasteiger partial charge in [0.15, 0.2) is 12.3 Å². The van der Waals surface area contributed by atoms with Crippen LogP contribution >= 0.6 is 27.3 Å². The summed E-state index contributed by atoms with van der Waals surface area (Å²) in [4.78, 5) is 26.2. The number of carboxylic acid groups (broad SMARTS) is 1. The molecule has 2 N–H and O–H groups in total. The van der Waals surface area contributed by atoms with Gasteiger partial charge in [-0.3, -0.25) is 4.79 Å². The maximum Gasteiger partial charge on any atom is 0.355 e. The van der Waals surface area contributed by atoms with Crippen LogP contribution in [0.1, 0.15) is 15.5 Å². The third-order valence-corrected chi connectivity index (χ3v) is 3.72. The normalized spacial score (nSPS) is 10.1. The quantitative estimate of drug-likeness (QED) is 0.814. The molecule has 0 saturated heterocycles. The largest absolute Gasteiger partial charge is 0.484 e. The summed E-state index contributed by atoms with van der Waals surface area (Å²) < 4.78 is 6.19. The number of benzene rings is 1. The molecule has 1 heterocycles. The molecule has 0 fully saturated rings. The summed E-state index contributed by atoms with van der Waals surface area (Å²) in [6.45, 7) is 0.0617. The van der Waals surface area contributed by atoms with Crippen LogP contribution in [0.25, 0.3) is 0 Å². The minimum atomic E-state index is -1.08. The molecule has 1 aromatic heterocycles. The summed E-state index contributed by atoms with van der Waals surface area (Å²) in [6, 6.07) is 7.17. The van der Waals surface area contributed by atoms with Gasteiger partial charge in [-0.2, -0.15) is 0 Å². The third kappa shape index (κ3) is 4.83. The highest BCUT2D eigenvalue weighted by atomic mass is 79.9. The van der Waals surface area contributed by atoms with E-state index in [1.54, 1.807) is 18.2 Å². The Labute approximate surface area is 132 Å². The van der Waals surface area contributed by atoms with Crippen LogP contribution in [0.2, 0.25) is 0 Å². The van der Waals surface area contributed by atoms with Gasteiger partial charge in [0, 0.05) is 9.85 Å². The number of nitrogens with zero attached hydrogens (tertiary/aromatic N) is 1. The van der Waals surface area contributed by atoms with Gasteiger partial charge in [-0.15, -0.1) is 11.3 Å². The third-order valence-electron chi connectivity index (χ3n) is 2.37. The molecular weight excluding hydrogens is 360 g/mol. The van der Waals surface area contributed by atoms with Crippen molar-refractivity contribution < 1.29 is 19.4 Å². The smallest absolute Gasteiger partial charge is 0.355 e. The van der Waals surface area contributed by atoms with Crippen LogP contribution in [0.15, 0.2) is 34.1 Å². The van der Waals surface area contributed by atoms with E-state index >= 15 is 0 Å². The van der Waals surface area contributed by atoms with Gasteiger partial charge >= 0.3 is 5.97 Å². The number of amides is 1. The predicted octanol–water partition coefficient (Wildman–Crippen LogP) is 2.30. The zero-order chi connectivity index (χ0) is 15.2. The highest BCUT2D eigenvalue weighted by Gasteiger charge is 2.09. The zero-order valence-corrected chi connectivity index (χ0v) is 13.1. The average molecular weight is 371 g/mol. The van der Waals surface area contributed by atoms with E-state index in [0.717, 1.165) is 4.47 Å². The molecule has 0 aliphatic heterocycles. The Hall–Kier alpha value is -1.93.